The van der Waals surface area contributed by atoms with Crippen molar-refractivity contribution in [2.24, 2.45) is 10.1 Å². The number of thioether (sulfide) groups is 1. The Hall–Kier alpha value is -2.09. The lowest BCUT2D eigenvalue weighted by molar-refractivity contribution is -0.384. The van der Waals surface area contributed by atoms with Crippen LogP contribution in [0.2, 0.25) is 10.0 Å². The fraction of sp³-hybridized carbons (Fsp3) is 0.0667. The zero-order chi connectivity index (χ0) is 17.1. The summed E-state index contributed by atoms with van der Waals surface area (Å²) >= 11 is 13.5. The number of rotatable bonds is 3. The number of hydrogen-bond donors (Lipinski definition) is 1. The van der Waals surface area contributed by atoms with Crippen molar-refractivity contribution in [1.29, 1.82) is 0 Å². The smallest absolute Gasteiger partial charge is 0.258 e. The molecular formula is C15H10Cl2N4O2S. The maximum atomic E-state index is 11.0. The lowest BCUT2D eigenvalue weighted by atomic mass is 10.1. The topological polar surface area (TPSA) is 79.9 Å². The molecule has 1 aliphatic heterocycles. The van der Waals surface area contributed by atoms with Gasteiger partial charge in [0.1, 0.15) is 5.69 Å². The predicted molar refractivity (Wildman–Crippen MR) is 98.8 cm³/mol. The van der Waals surface area contributed by atoms with Crippen LogP contribution in [-0.4, -0.2) is 21.6 Å². The van der Waals surface area contributed by atoms with E-state index in [4.69, 9.17) is 23.2 Å². The molecule has 0 radical (unpaired) electrons. The average molecular weight is 381 g/mol. The zero-order valence-corrected chi connectivity index (χ0v) is 14.4. The van der Waals surface area contributed by atoms with E-state index in [9.17, 15) is 10.1 Å². The fourth-order valence-electron chi connectivity index (χ4n) is 2.06. The number of nitro benzene ring substituents is 1. The molecule has 0 atom stereocenters. The average Bonchev–Trinajstić information content (AvgIpc) is 2.56. The van der Waals surface area contributed by atoms with Gasteiger partial charge >= 0.3 is 0 Å². The molecule has 0 bridgehead atoms. The number of amidine groups is 1. The van der Waals surface area contributed by atoms with Gasteiger partial charge in [-0.05, 0) is 18.2 Å². The molecule has 0 aliphatic carbocycles. The lowest BCUT2D eigenvalue weighted by Gasteiger charge is -2.15. The molecule has 2 aromatic carbocycles. The molecule has 122 valence electrons. The maximum absolute atomic E-state index is 11.0. The van der Waals surface area contributed by atoms with E-state index in [0.29, 0.717) is 21.0 Å². The summed E-state index contributed by atoms with van der Waals surface area (Å²) in [5, 5.41) is 16.8. The first-order valence-corrected chi connectivity index (χ1v) is 8.51. The van der Waals surface area contributed by atoms with Crippen molar-refractivity contribution in [3.8, 4) is 0 Å². The van der Waals surface area contributed by atoms with Gasteiger partial charge in [-0.25, -0.2) is 4.99 Å². The van der Waals surface area contributed by atoms with Crippen LogP contribution < -0.4 is 5.43 Å². The molecule has 1 aliphatic rings. The van der Waals surface area contributed by atoms with Gasteiger partial charge in [0.15, 0.2) is 5.17 Å². The fourth-order valence-corrected chi connectivity index (χ4v) is 3.34. The van der Waals surface area contributed by atoms with E-state index >= 15 is 0 Å². The Bertz CT molecular complexity index is 870. The second-order valence-electron chi connectivity index (χ2n) is 4.75. The van der Waals surface area contributed by atoms with E-state index < -0.39 is 4.92 Å². The molecule has 3 rings (SSSR count). The molecule has 0 fully saturated rings. The molecule has 0 amide bonds. The Morgan fingerprint density at radius 2 is 2.04 bits per heavy atom. The molecule has 1 heterocycles. The molecule has 0 saturated carbocycles. The van der Waals surface area contributed by atoms with E-state index in [-0.39, 0.29) is 11.4 Å². The minimum Gasteiger partial charge on any atom is -0.258 e. The number of aliphatic imine (C=N–C) groups is 1. The van der Waals surface area contributed by atoms with Crippen LogP contribution in [0.4, 0.5) is 11.4 Å². The van der Waals surface area contributed by atoms with Crippen molar-refractivity contribution in [1.82, 2.24) is 5.43 Å². The first-order valence-electron chi connectivity index (χ1n) is 6.77. The quantitative estimate of drug-likeness (QED) is 0.621. The molecular weight excluding hydrogens is 371 g/mol. The summed E-state index contributed by atoms with van der Waals surface area (Å²) in [7, 11) is 0. The van der Waals surface area contributed by atoms with E-state index in [1.54, 1.807) is 36.4 Å². The summed E-state index contributed by atoms with van der Waals surface area (Å²) in [6, 6.07) is 11.5. The zero-order valence-electron chi connectivity index (χ0n) is 12.1. The second kappa shape index (κ2) is 7.21. The van der Waals surface area contributed by atoms with E-state index in [1.165, 1.54) is 17.8 Å². The summed E-state index contributed by atoms with van der Waals surface area (Å²) in [6.45, 7) is 0. The van der Waals surface area contributed by atoms with Gasteiger partial charge in [-0.1, -0.05) is 53.2 Å². The normalized spacial score (nSPS) is 15.8. The maximum Gasteiger partial charge on any atom is 0.294 e. The minimum atomic E-state index is -0.463. The van der Waals surface area contributed by atoms with Gasteiger partial charge in [0, 0.05) is 22.4 Å². The van der Waals surface area contributed by atoms with Gasteiger partial charge < -0.3 is 0 Å². The number of nitrogens with zero attached hydrogens (tertiary/aromatic N) is 3. The van der Waals surface area contributed by atoms with Crippen LogP contribution in [-0.2, 0) is 0 Å². The Morgan fingerprint density at radius 1 is 1.25 bits per heavy atom. The summed E-state index contributed by atoms with van der Waals surface area (Å²) < 4.78 is 0. The molecule has 9 heteroatoms. The minimum absolute atomic E-state index is 0.0528. The SMILES string of the molecule is O=[N+]([O-])c1ccccc1N=C1NN=C(c2ccc(Cl)cc2Cl)CS1. The predicted octanol–water partition coefficient (Wildman–Crippen LogP) is 4.63. The van der Waals surface area contributed by atoms with Crippen LogP contribution in [0.15, 0.2) is 52.6 Å². The number of hydrogen-bond acceptors (Lipinski definition) is 5. The molecule has 0 spiro atoms. The van der Waals surface area contributed by atoms with Crippen LogP contribution >= 0.6 is 35.0 Å². The van der Waals surface area contributed by atoms with Crippen molar-refractivity contribution in [3.63, 3.8) is 0 Å². The molecule has 1 N–H and O–H groups in total. The summed E-state index contributed by atoms with van der Waals surface area (Å²) in [5.41, 5.74) is 4.57. The highest BCUT2D eigenvalue weighted by Gasteiger charge is 2.18. The molecule has 2 aromatic rings. The number of hydrazone groups is 1. The van der Waals surface area contributed by atoms with Crippen LogP contribution in [0.1, 0.15) is 5.56 Å². The van der Waals surface area contributed by atoms with Gasteiger partial charge in [0.05, 0.1) is 15.7 Å². The Balaban J connectivity index is 1.84. The Morgan fingerprint density at radius 3 is 2.71 bits per heavy atom. The van der Waals surface area contributed by atoms with Gasteiger partial charge in [-0.15, -0.1) is 0 Å². The standard InChI is InChI=1S/C15H10Cl2N4O2S/c16-9-5-6-10(11(17)7-9)13-8-24-15(20-19-13)18-12-3-1-2-4-14(12)21(22)23/h1-7H,8H2,(H,18,20). The third-order valence-corrected chi connectivity index (χ3v) is 4.60. The highest BCUT2D eigenvalue weighted by molar-refractivity contribution is 8.14. The molecule has 0 aromatic heterocycles. The van der Waals surface area contributed by atoms with Gasteiger partial charge in [-0.2, -0.15) is 5.10 Å². The second-order valence-corrected chi connectivity index (χ2v) is 6.55. The Kier molecular flexibility index (Phi) is 5.03. The molecule has 0 saturated heterocycles. The van der Waals surface area contributed by atoms with E-state index in [1.807, 2.05) is 0 Å². The molecule has 0 unspecified atom stereocenters. The van der Waals surface area contributed by atoms with Crippen LogP contribution in [0.25, 0.3) is 0 Å². The monoisotopic (exact) mass is 380 g/mol. The van der Waals surface area contributed by atoms with Crippen molar-refractivity contribution in [2.45, 2.75) is 0 Å². The molecule has 24 heavy (non-hydrogen) atoms. The first kappa shape index (κ1) is 16.8. The third-order valence-electron chi connectivity index (χ3n) is 3.17. The van der Waals surface area contributed by atoms with Gasteiger partial charge in [-0.3, -0.25) is 15.5 Å². The number of benzene rings is 2. The largest absolute Gasteiger partial charge is 0.294 e. The summed E-state index contributed by atoms with van der Waals surface area (Å²) in [5.74, 6) is 0.536. The highest BCUT2D eigenvalue weighted by Crippen LogP contribution is 2.29. The van der Waals surface area contributed by atoms with Crippen LogP contribution in [0, 0.1) is 10.1 Å². The Labute approximate surface area is 151 Å². The lowest BCUT2D eigenvalue weighted by Crippen LogP contribution is -2.25. The number of halogens is 2. The third kappa shape index (κ3) is 3.69. The van der Waals surface area contributed by atoms with Gasteiger partial charge in [0.25, 0.3) is 5.69 Å². The summed E-state index contributed by atoms with van der Waals surface area (Å²) in [4.78, 5) is 14.8. The van der Waals surface area contributed by atoms with Crippen molar-refractivity contribution in [2.75, 3.05) is 5.75 Å². The van der Waals surface area contributed by atoms with E-state index in [2.05, 4.69) is 15.5 Å². The highest BCUT2D eigenvalue weighted by atomic mass is 35.5. The summed E-state index contributed by atoms with van der Waals surface area (Å²) in [6.07, 6.45) is 0. The van der Waals surface area contributed by atoms with Crippen molar-refractivity contribution in [3.05, 3.63) is 68.2 Å². The molecule has 6 nitrogen and oxygen atoms in total. The van der Waals surface area contributed by atoms with E-state index in [0.717, 1.165) is 11.3 Å². The van der Waals surface area contributed by atoms with Crippen molar-refractivity contribution < 1.29 is 4.92 Å². The number of nitro groups is 1. The van der Waals surface area contributed by atoms with Crippen LogP contribution in [0.3, 0.4) is 0 Å². The number of para-hydroxylation sites is 2. The van der Waals surface area contributed by atoms with Gasteiger partial charge in [0.2, 0.25) is 0 Å². The number of nitrogens with one attached hydrogen (secondary N) is 1. The first-order chi connectivity index (χ1) is 11.5. The van der Waals surface area contributed by atoms with Crippen molar-refractivity contribution >= 4 is 57.2 Å². The van der Waals surface area contributed by atoms with Crippen LogP contribution in [0.5, 0.6) is 0 Å².